The normalized spacial score (nSPS) is 17.2. The summed E-state index contributed by atoms with van der Waals surface area (Å²) >= 11 is 0. The molecule has 31 heavy (non-hydrogen) atoms. The molecule has 156 valence electrons. The molecule has 5 rings (SSSR count). The minimum Gasteiger partial charge on any atom is -0.339 e. The Labute approximate surface area is 181 Å². The maximum absolute atomic E-state index is 12.9. The Hall–Kier alpha value is -3.51. The predicted molar refractivity (Wildman–Crippen MR) is 121 cm³/mol. The highest BCUT2D eigenvalue weighted by molar-refractivity contribution is 5.79. The molecule has 3 aromatic heterocycles. The molecular weight excluding hydrogens is 386 g/mol. The molecule has 6 heteroatoms. The Kier molecular flexibility index (Phi) is 5.22. The van der Waals surface area contributed by atoms with Crippen molar-refractivity contribution in [2.75, 3.05) is 26.7 Å². The van der Waals surface area contributed by atoms with Crippen LogP contribution in [0.4, 0.5) is 0 Å². The number of hydrogen-bond donors (Lipinski definition) is 0. The number of carbonyl (C=O) groups excluding carboxylic acids is 1. The minimum atomic E-state index is 0.0720. The van der Waals surface area contributed by atoms with Crippen molar-refractivity contribution in [2.45, 2.75) is 12.5 Å². The Morgan fingerprint density at radius 2 is 1.90 bits per heavy atom. The third-order valence-corrected chi connectivity index (χ3v) is 6.07. The number of rotatable bonds is 4. The lowest BCUT2D eigenvalue weighted by Gasteiger charge is -2.39. The van der Waals surface area contributed by atoms with Gasteiger partial charge in [-0.25, -0.2) is 4.98 Å². The van der Waals surface area contributed by atoms with Crippen LogP contribution in [-0.2, 0) is 11.2 Å². The molecule has 1 fully saturated rings. The van der Waals surface area contributed by atoms with Gasteiger partial charge in [0.1, 0.15) is 0 Å². The van der Waals surface area contributed by atoms with Crippen LogP contribution in [0.1, 0.15) is 17.3 Å². The summed E-state index contributed by atoms with van der Waals surface area (Å²) in [5.74, 6) is 0.173. The molecule has 0 saturated carbocycles. The number of benzene rings is 1. The molecule has 0 unspecified atom stereocenters. The zero-order chi connectivity index (χ0) is 21.2. The fraction of sp³-hybridized carbons (Fsp3) is 0.240. The SMILES string of the molecule is CN1CCN(C(=O)Cc2ccccc2)C[C@H]1c1ncn2cc(-c3cccnc3)ccc12. The lowest BCUT2D eigenvalue weighted by molar-refractivity contribution is -0.133. The minimum absolute atomic E-state index is 0.0720. The number of pyridine rings is 2. The fourth-order valence-electron chi connectivity index (χ4n) is 4.26. The first-order chi connectivity index (χ1) is 15.2. The standard InChI is InChI=1S/C25H25N5O/c1-28-12-13-29(24(31)14-19-6-3-2-4-7-19)17-23(28)25-22-10-9-21(16-30(22)18-27-25)20-8-5-11-26-15-20/h2-11,15-16,18,23H,12-14,17H2,1H3/t23-/m0/s1. The van der Waals surface area contributed by atoms with E-state index in [9.17, 15) is 4.79 Å². The molecule has 4 aromatic rings. The zero-order valence-corrected chi connectivity index (χ0v) is 17.6. The highest BCUT2D eigenvalue weighted by atomic mass is 16.2. The molecule has 0 aliphatic carbocycles. The maximum atomic E-state index is 12.9. The highest BCUT2D eigenvalue weighted by Crippen LogP contribution is 2.28. The Morgan fingerprint density at radius 1 is 1.03 bits per heavy atom. The lowest BCUT2D eigenvalue weighted by Crippen LogP contribution is -2.49. The maximum Gasteiger partial charge on any atom is 0.227 e. The first-order valence-corrected chi connectivity index (χ1v) is 10.6. The van der Waals surface area contributed by atoms with Crippen LogP contribution in [-0.4, -0.2) is 56.8 Å². The van der Waals surface area contributed by atoms with Crippen molar-refractivity contribution >= 4 is 11.4 Å². The van der Waals surface area contributed by atoms with Crippen molar-refractivity contribution < 1.29 is 4.79 Å². The number of aromatic nitrogens is 3. The Bertz CT molecular complexity index is 1190. The predicted octanol–water partition coefficient (Wildman–Crippen LogP) is 3.45. The molecule has 1 saturated heterocycles. The molecule has 1 amide bonds. The van der Waals surface area contributed by atoms with Crippen molar-refractivity contribution in [3.8, 4) is 11.1 Å². The summed E-state index contributed by atoms with van der Waals surface area (Å²) in [5, 5.41) is 0. The van der Waals surface area contributed by atoms with E-state index < -0.39 is 0 Å². The van der Waals surface area contributed by atoms with Crippen molar-refractivity contribution in [1.82, 2.24) is 24.2 Å². The third kappa shape index (κ3) is 3.94. The summed E-state index contributed by atoms with van der Waals surface area (Å²) in [4.78, 5) is 26.2. The van der Waals surface area contributed by atoms with E-state index >= 15 is 0 Å². The van der Waals surface area contributed by atoms with Crippen LogP contribution < -0.4 is 0 Å². The van der Waals surface area contributed by atoms with Crippen LogP contribution in [0.2, 0.25) is 0 Å². The Balaban J connectivity index is 1.38. The number of hydrogen-bond acceptors (Lipinski definition) is 4. The lowest BCUT2D eigenvalue weighted by atomic mass is 10.1. The van der Waals surface area contributed by atoms with Crippen molar-refractivity contribution in [3.63, 3.8) is 0 Å². The van der Waals surface area contributed by atoms with Gasteiger partial charge in [0.25, 0.3) is 0 Å². The van der Waals surface area contributed by atoms with E-state index in [-0.39, 0.29) is 11.9 Å². The molecule has 0 N–H and O–H groups in total. The van der Waals surface area contributed by atoms with Gasteiger partial charge >= 0.3 is 0 Å². The number of nitrogens with zero attached hydrogens (tertiary/aromatic N) is 5. The quantitative estimate of drug-likeness (QED) is 0.516. The van der Waals surface area contributed by atoms with Gasteiger partial charge in [0.2, 0.25) is 5.91 Å². The first-order valence-electron chi connectivity index (χ1n) is 10.6. The van der Waals surface area contributed by atoms with Gasteiger partial charge in [-0.3, -0.25) is 14.7 Å². The second-order valence-corrected chi connectivity index (χ2v) is 8.08. The van der Waals surface area contributed by atoms with E-state index in [1.807, 2.05) is 53.8 Å². The molecule has 1 atom stereocenters. The summed E-state index contributed by atoms with van der Waals surface area (Å²) in [6.07, 6.45) is 8.04. The third-order valence-electron chi connectivity index (χ3n) is 6.07. The monoisotopic (exact) mass is 411 g/mol. The number of carbonyl (C=O) groups is 1. The Morgan fingerprint density at radius 3 is 2.71 bits per heavy atom. The van der Waals surface area contributed by atoms with Crippen LogP contribution in [0.25, 0.3) is 16.6 Å². The second-order valence-electron chi connectivity index (χ2n) is 8.08. The molecule has 1 aromatic carbocycles. The topological polar surface area (TPSA) is 53.7 Å². The first kappa shape index (κ1) is 19.5. The summed E-state index contributed by atoms with van der Waals surface area (Å²) in [6.45, 7) is 2.23. The van der Waals surface area contributed by atoms with E-state index in [2.05, 4.69) is 45.7 Å². The molecule has 4 heterocycles. The average Bonchev–Trinajstić information content (AvgIpc) is 3.23. The molecule has 0 spiro atoms. The van der Waals surface area contributed by atoms with Gasteiger partial charge in [-0.05, 0) is 30.3 Å². The van der Waals surface area contributed by atoms with E-state index in [1.54, 1.807) is 6.20 Å². The van der Waals surface area contributed by atoms with Gasteiger partial charge < -0.3 is 9.30 Å². The molecule has 1 aliphatic heterocycles. The summed E-state index contributed by atoms with van der Waals surface area (Å²) < 4.78 is 2.07. The number of fused-ring (bicyclic) bond motifs is 1. The number of amides is 1. The number of piperazine rings is 1. The largest absolute Gasteiger partial charge is 0.339 e. The van der Waals surface area contributed by atoms with Crippen LogP contribution in [0.15, 0.2) is 79.5 Å². The fourth-order valence-corrected chi connectivity index (χ4v) is 4.26. The van der Waals surface area contributed by atoms with Gasteiger partial charge in [0, 0.05) is 43.8 Å². The van der Waals surface area contributed by atoms with Crippen LogP contribution >= 0.6 is 0 Å². The van der Waals surface area contributed by atoms with E-state index in [0.29, 0.717) is 13.0 Å². The highest BCUT2D eigenvalue weighted by Gasteiger charge is 2.30. The molecular formula is C25H25N5O. The number of imidazole rings is 1. The molecule has 0 bridgehead atoms. The van der Waals surface area contributed by atoms with E-state index in [0.717, 1.165) is 41.0 Å². The smallest absolute Gasteiger partial charge is 0.227 e. The summed E-state index contributed by atoms with van der Waals surface area (Å²) in [6, 6.07) is 18.2. The number of likely N-dealkylation sites (N-methyl/N-ethyl adjacent to an activating group) is 1. The van der Waals surface area contributed by atoms with Crippen LogP contribution in [0, 0.1) is 0 Å². The summed E-state index contributed by atoms with van der Waals surface area (Å²) in [7, 11) is 2.11. The molecule has 1 aliphatic rings. The zero-order valence-electron chi connectivity index (χ0n) is 17.6. The summed E-state index contributed by atoms with van der Waals surface area (Å²) in [5.41, 5.74) is 5.31. The van der Waals surface area contributed by atoms with Crippen molar-refractivity contribution in [1.29, 1.82) is 0 Å². The van der Waals surface area contributed by atoms with E-state index in [4.69, 9.17) is 4.98 Å². The van der Waals surface area contributed by atoms with Gasteiger partial charge in [0.05, 0.1) is 30.0 Å². The molecule has 6 nitrogen and oxygen atoms in total. The van der Waals surface area contributed by atoms with Gasteiger partial charge in [-0.2, -0.15) is 0 Å². The van der Waals surface area contributed by atoms with Crippen LogP contribution in [0.5, 0.6) is 0 Å². The molecule has 0 radical (unpaired) electrons. The van der Waals surface area contributed by atoms with Crippen molar-refractivity contribution in [3.05, 3.63) is 90.8 Å². The van der Waals surface area contributed by atoms with Gasteiger partial charge in [-0.15, -0.1) is 0 Å². The van der Waals surface area contributed by atoms with Gasteiger partial charge in [-0.1, -0.05) is 42.5 Å². The van der Waals surface area contributed by atoms with Gasteiger partial charge in [0.15, 0.2) is 0 Å². The average molecular weight is 412 g/mol. The van der Waals surface area contributed by atoms with Crippen molar-refractivity contribution in [2.24, 2.45) is 0 Å². The second kappa shape index (κ2) is 8.32. The van der Waals surface area contributed by atoms with Crippen LogP contribution in [0.3, 0.4) is 0 Å². The van der Waals surface area contributed by atoms with E-state index in [1.165, 1.54) is 0 Å².